The van der Waals surface area contributed by atoms with Crippen LogP contribution in [0.1, 0.15) is 26.3 Å². The molecule has 2 N–H and O–H groups in total. The van der Waals surface area contributed by atoms with E-state index < -0.39 is 23.8 Å². The molecule has 0 aliphatic carbocycles. The summed E-state index contributed by atoms with van der Waals surface area (Å²) < 4.78 is 37.3. The van der Waals surface area contributed by atoms with Crippen LogP contribution in [0.15, 0.2) is 24.3 Å². The smallest absolute Gasteiger partial charge is 0.341 e. The lowest BCUT2D eigenvalue weighted by atomic mass is 10.2. The highest BCUT2D eigenvalue weighted by molar-refractivity contribution is 5.93. The number of hydrogen-bond acceptors (Lipinski definition) is 2. The van der Waals surface area contributed by atoms with Crippen LogP contribution < -0.4 is 10.6 Å². The van der Waals surface area contributed by atoms with Crippen molar-refractivity contribution in [2.24, 2.45) is 0 Å². The second-order valence-electron chi connectivity index (χ2n) is 4.91. The number of halogens is 3. The second-order valence-corrected chi connectivity index (χ2v) is 4.91. The zero-order valence-electron chi connectivity index (χ0n) is 13.2. The molecule has 23 heavy (non-hydrogen) atoms. The zero-order chi connectivity index (χ0) is 17.6. The summed E-state index contributed by atoms with van der Waals surface area (Å²) in [6, 6.07) is 2.67. The normalized spacial score (nSPS) is 12.4. The van der Waals surface area contributed by atoms with Gasteiger partial charge < -0.3 is 15.5 Å². The van der Waals surface area contributed by atoms with Crippen LogP contribution >= 0.6 is 0 Å². The highest BCUT2D eigenvalue weighted by Crippen LogP contribution is 2.29. The summed E-state index contributed by atoms with van der Waals surface area (Å²) in [7, 11) is 0. The molecular weight excluding hydrogens is 311 g/mol. The molecule has 0 aliphatic rings. The standard InChI is InChI=1S/C15H20F3N3O2/c1-4-21(5-2)13(22)10(3)19-14(23)20-12-8-6-11(7-9-12)15(16,17)18/h6-10H,4-5H2,1-3H3,(H2,19,20,23)/t10-/m0/s1. The number of hydrogen-bond donors (Lipinski definition) is 2. The lowest BCUT2D eigenvalue weighted by molar-refractivity contribution is -0.137. The monoisotopic (exact) mass is 331 g/mol. The van der Waals surface area contributed by atoms with Gasteiger partial charge in [-0.05, 0) is 45.0 Å². The molecule has 1 aromatic carbocycles. The van der Waals surface area contributed by atoms with Gasteiger partial charge in [0.1, 0.15) is 6.04 Å². The summed E-state index contributed by atoms with van der Waals surface area (Å²) in [6.07, 6.45) is -4.43. The van der Waals surface area contributed by atoms with Gasteiger partial charge >= 0.3 is 12.2 Å². The highest BCUT2D eigenvalue weighted by atomic mass is 19.4. The summed E-state index contributed by atoms with van der Waals surface area (Å²) in [6.45, 7) is 6.27. The molecule has 1 rings (SSSR count). The predicted octanol–water partition coefficient (Wildman–Crippen LogP) is 3.08. The van der Waals surface area contributed by atoms with Crippen LogP contribution in [-0.2, 0) is 11.0 Å². The Hall–Kier alpha value is -2.25. The van der Waals surface area contributed by atoms with Crippen molar-refractivity contribution < 1.29 is 22.8 Å². The number of rotatable bonds is 5. The number of carbonyl (C=O) groups is 2. The fraction of sp³-hybridized carbons (Fsp3) is 0.467. The van der Waals surface area contributed by atoms with Crippen LogP contribution in [0.25, 0.3) is 0 Å². The number of likely N-dealkylation sites (N-methyl/N-ethyl adjacent to an activating group) is 1. The molecule has 0 aliphatic heterocycles. The van der Waals surface area contributed by atoms with Crippen molar-refractivity contribution in [3.8, 4) is 0 Å². The van der Waals surface area contributed by atoms with Gasteiger partial charge in [-0.2, -0.15) is 13.2 Å². The topological polar surface area (TPSA) is 61.4 Å². The number of benzene rings is 1. The molecule has 0 spiro atoms. The van der Waals surface area contributed by atoms with E-state index in [1.54, 1.807) is 11.8 Å². The Morgan fingerprint density at radius 2 is 1.65 bits per heavy atom. The average Bonchev–Trinajstić information content (AvgIpc) is 2.47. The zero-order valence-corrected chi connectivity index (χ0v) is 13.2. The SMILES string of the molecule is CCN(CC)C(=O)[C@H](C)NC(=O)Nc1ccc(C(F)(F)F)cc1. The average molecular weight is 331 g/mol. The van der Waals surface area contributed by atoms with E-state index in [0.29, 0.717) is 13.1 Å². The first-order chi connectivity index (χ1) is 10.7. The Labute approximate surface area is 132 Å². The Bertz CT molecular complexity index is 540. The van der Waals surface area contributed by atoms with Gasteiger partial charge in [-0.3, -0.25) is 4.79 Å². The summed E-state index contributed by atoms with van der Waals surface area (Å²) in [4.78, 5) is 25.4. The highest BCUT2D eigenvalue weighted by Gasteiger charge is 2.30. The first-order valence-electron chi connectivity index (χ1n) is 7.22. The van der Waals surface area contributed by atoms with E-state index >= 15 is 0 Å². The maximum absolute atomic E-state index is 12.4. The van der Waals surface area contributed by atoms with Crippen molar-refractivity contribution in [1.29, 1.82) is 0 Å². The summed E-state index contributed by atoms with van der Waals surface area (Å²) in [5.41, 5.74) is -0.591. The molecule has 0 radical (unpaired) electrons. The predicted molar refractivity (Wildman–Crippen MR) is 81.0 cm³/mol. The van der Waals surface area contributed by atoms with Crippen LogP contribution in [0.5, 0.6) is 0 Å². The molecule has 0 heterocycles. The van der Waals surface area contributed by atoms with Crippen molar-refractivity contribution in [3.63, 3.8) is 0 Å². The molecule has 0 saturated carbocycles. The quantitative estimate of drug-likeness (QED) is 0.871. The van der Waals surface area contributed by atoms with E-state index in [1.165, 1.54) is 0 Å². The molecular formula is C15H20F3N3O2. The molecule has 0 bridgehead atoms. The van der Waals surface area contributed by atoms with Gasteiger partial charge in [0.25, 0.3) is 0 Å². The Balaban J connectivity index is 2.61. The van der Waals surface area contributed by atoms with Crippen LogP contribution in [-0.4, -0.2) is 36.0 Å². The maximum Gasteiger partial charge on any atom is 0.416 e. The molecule has 0 fully saturated rings. The van der Waals surface area contributed by atoms with E-state index in [-0.39, 0.29) is 11.6 Å². The van der Waals surface area contributed by atoms with Gasteiger partial charge in [-0.25, -0.2) is 4.79 Å². The molecule has 8 heteroatoms. The number of nitrogens with one attached hydrogen (secondary N) is 2. The molecule has 1 atom stereocenters. The first-order valence-corrected chi connectivity index (χ1v) is 7.22. The Kier molecular flexibility index (Phi) is 6.41. The lowest BCUT2D eigenvalue weighted by Crippen LogP contribution is -2.48. The summed E-state index contributed by atoms with van der Waals surface area (Å²) >= 11 is 0. The molecule has 1 aromatic rings. The van der Waals surface area contributed by atoms with Crippen LogP contribution in [0.4, 0.5) is 23.7 Å². The van der Waals surface area contributed by atoms with Gasteiger partial charge in [0.05, 0.1) is 5.56 Å². The van der Waals surface area contributed by atoms with E-state index in [4.69, 9.17) is 0 Å². The van der Waals surface area contributed by atoms with Gasteiger partial charge in [-0.1, -0.05) is 0 Å². The number of alkyl halides is 3. The second kappa shape index (κ2) is 7.85. The molecule has 5 nitrogen and oxygen atoms in total. The molecule has 0 unspecified atom stereocenters. The molecule has 3 amide bonds. The third-order valence-corrected chi connectivity index (χ3v) is 3.26. The molecule has 0 aromatic heterocycles. The minimum Gasteiger partial charge on any atom is -0.341 e. The van der Waals surface area contributed by atoms with Crippen molar-refractivity contribution in [2.75, 3.05) is 18.4 Å². The number of urea groups is 1. The number of amides is 3. The third-order valence-electron chi connectivity index (χ3n) is 3.26. The van der Waals surface area contributed by atoms with E-state index in [1.807, 2.05) is 13.8 Å². The van der Waals surface area contributed by atoms with Gasteiger partial charge in [0, 0.05) is 18.8 Å². The largest absolute Gasteiger partial charge is 0.416 e. The van der Waals surface area contributed by atoms with Gasteiger partial charge in [0.2, 0.25) is 5.91 Å². The summed E-state index contributed by atoms with van der Waals surface area (Å²) in [5, 5.41) is 4.85. The molecule has 128 valence electrons. The van der Waals surface area contributed by atoms with E-state index in [9.17, 15) is 22.8 Å². The van der Waals surface area contributed by atoms with Crippen LogP contribution in [0, 0.1) is 0 Å². The lowest BCUT2D eigenvalue weighted by Gasteiger charge is -2.23. The number of carbonyl (C=O) groups excluding carboxylic acids is 2. The Morgan fingerprint density at radius 1 is 1.13 bits per heavy atom. The van der Waals surface area contributed by atoms with Crippen LogP contribution in [0.3, 0.4) is 0 Å². The van der Waals surface area contributed by atoms with Crippen molar-refractivity contribution in [2.45, 2.75) is 33.0 Å². The fourth-order valence-electron chi connectivity index (χ4n) is 1.98. The van der Waals surface area contributed by atoms with E-state index in [0.717, 1.165) is 24.3 Å². The van der Waals surface area contributed by atoms with Crippen LogP contribution in [0.2, 0.25) is 0 Å². The maximum atomic E-state index is 12.4. The van der Waals surface area contributed by atoms with E-state index in [2.05, 4.69) is 10.6 Å². The minimum atomic E-state index is -4.43. The number of anilines is 1. The van der Waals surface area contributed by atoms with Gasteiger partial charge in [0.15, 0.2) is 0 Å². The molecule has 0 saturated heterocycles. The van der Waals surface area contributed by atoms with Crippen molar-refractivity contribution in [3.05, 3.63) is 29.8 Å². The van der Waals surface area contributed by atoms with Crippen molar-refractivity contribution >= 4 is 17.6 Å². The Morgan fingerprint density at radius 3 is 2.09 bits per heavy atom. The van der Waals surface area contributed by atoms with Gasteiger partial charge in [-0.15, -0.1) is 0 Å². The summed E-state index contributed by atoms with van der Waals surface area (Å²) in [5.74, 6) is -0.224. The van der Waals surface area contributed by atoms with Crippen molar-refractivity contribution in [1.82, 2.24) is 10.2 Å². The number of nitrogens with zero attached hydrogens (tertiary/aromatic N) is 1. The third kappa shape index (κ3) is 5.46. The fourth-order valence-corrected chi connectivity index (χ4v) is 1.98. The first kappa shape index (κ1) is 18.8. The minimum absolute atomic E-state index is 0.206.